The molecule has 1 N–H and O–H groups in total. The van der Waals surface area contributed by atoms with E-state index in [-0.39, 0.29) is 18.0 Å². The van der Waals surface area contributed by atoms with E-state index in [1.54, 1.807) is 0 Å². The van der Waals surface area contributed by atoms with Crippen molar-refractivity contribution >= 4 is 23.3 Å². The second-order valence-corrected chi connectivity index (χ2v) is 5.49. The van der Waals surface area contributed by atoms with Gasteiger partial charge in [0.15, 0.2) is 11.4 Å². The first kappa shape index (κ1) is 24.1. The molecule has 0 atom stereocenters. The van der Waals surface area contributed by atoms with E-state index in [1.807, 2.05) is 0 Å². The van der Waals surface area contributed by atoms with Crippen LogP contribution in [0.5, 0.6) is 0 Å². The van der Waals surface area contributed by atoms with E-state index in [4.69, 9.17) is 18.3 Å². The number of rotatable bonds is 5. The molecule has 2 rings (SSSR count). The maximum Gasteiger partial charge on any atom is 0.381 e. The second kappa shape index (κ2) is 10.0. The van der Waals surface area contributed by atoms with E-state index in [1.165, 1.54) is 19.1 Å². The maximum absolute atomic E-state index is 13.4. The topological polar surface area (TPSA) is 72.3 Å². The number of nitrogens with zero attached hydrogens (tertiary/aromatic N) is 2. The van der Waals surface area contributed by atoms with E-state index >= 15 is 0 Å². The van der Waals surface area contributed by atoms with Crippen LogP contribution in [-0.4, -0.2) is 23.7 Å². The molecule has 0 saturated carbocycles. The number of ether oxygens (including phenoxy) is 1. The van der Waals surface area contributed by atoms with Gasteiger partial charge in [0.2, 0.25) is 0 Å². The average Bonchev–Trinajstić information content (AvgIpc) is 2.74. The standard InChI is InChI=1S/C11H9F2NO2.C9H5F2NO2/c1-3-16-10(15)11(12,13)8-4-6-9(14-2)7-5-8;1-12-7-4-2-6(3-5-7)9(10,11)8(13)14/h4-7H,3H2,1H3;2-5H,(H,13,14). The fourth-order valence-electron chi connectivity index (χ4n) is 1.95. The van der Waals surface area contributed by atoms with Gasteiger partial charge in [-0.05, 0) is 6.92 Å². The highest BCUT2D eigenvalue weighted by Crippen LogP contribution is 2.31. The van der Waals surface area contributed by atoms with Gasteiger partial charge >= 0.3 is 23.8 Å². The van der Waals surface area contributed by atoms with Crippen molar-refractivity contribution in [2.24, 2.45) is 0 Å². The summed E-state index contributed by atoms with van der Waals surface area (Å²) in [7, 11) is 0. The molecule has 0 fully saturated rings. The van der Waals surface area contributed by atoms with Crippen molar-refractivity contribution < 1.29 is 37.0 Å². The van der Waals surface area contributed by atoms with Crippen molar-refractivity contribution in [3.63, 3.8) is 0 Å². The molecule has 0 aliphatic heterocycles. The predicted octanol–water partition coefficient (Wildman–Crippen LogP) is 5.31. The lowest BCUT2D eigenvalue weighted by molar-refractivity contribution is -0.173. The largest absolute Gasteiger partial charge is 0.477 e. The summed E-state index contributed by atoms with van der Waals surface area (Å²) in [6.45, 7) is 14.6. The van der Waals surface area contributed by atoms with Crippen LogP contribution in [0.4, 0.5) is 28.9 Å². The Balaban J connectivity index is 0.000000303. The number of halogens is 4. The number of aliphatic carboxylic acids is 1. The number of carboxylic acid groups (broad SMARTS) is 1. The summed E-state index contributed by atoms with van der Waals surface area (Å²) in [6, 6.07) is 8.72. The van der Waals surface area contributed by atoms with Crippen LogP contribution in [-0.2, 0) is 26.2 Å². The Kier molecular flexibility index (Phi) is 8.06. The highest BCUT2D eigenvalue weighted by molar-refractivity contribution is 5.79. The van der Waals surface area contributed by atoms with Gasteiger partial charge in [0.25, 0.3) is 0 Å². The maximum atomic E-state index is 13.4. The quantitative estimate of drug-likeness (QED) is 0.403. The van der Waals surface area contributed by atoms with Gasteiger partial charge in [-0.2, -0.15) is 17.6 Å². The van der Waals surface area contributed by atoms with Gasteiger partial charge in [-0.25, -0.2) is 19.3 Å². The molecule has 0 heterocycles. The number of benzene rings is 2. The second-order valence-electron chi connectivity index (χ2n) is 5.49. The summed E-state index contributed by atoms with van der Waals surface area (Å²) < 4.78 is 56.8. The van der Waals surface area contributed by atoms with Crippen LogP contribution in [0.2, 0.25) is 0 Å². The summed E-state index contributed by atoms with van der Waals surface area (Å²) in [4.78, 5) is 27.2. The molecule has 0 spiro atoms. The molecule has 156 valence electrons. The fraction of sp³-hybridized carbons (Fsp3) is 0.200. The van der Waals surface area contributed by atoms with Gasteiger partial charge in [0, 0.05) is 11.1 Å². The van der Waals surface area contributed by atoms with Gasteiger partial charge in [0.1, 0.15) is 0 Å². The first-order valence-electron chi connectivity index (χ1n) is 8.12. The van der Waals surface area contributed by atoms with Gasteiger partial charge in [-0.15, -0.1) is 0 Å². The van der Waals surface area contributed by atoms with Crippen LogP contribution >= 0.6 is 0 Å². The smallest absolute Gasteiger partial charge is 0.381 e. The molecule has 0 amide bonds. The van der Waals surface area contributed by atoms with Crippen LogP contribution in [0.15, 0.2) is 48.5 Å². The lowest BCUT2D eigenvalue weighted by atomic mass is 10.1. The minimum atomic E-state index is -3.90. The van der Waals surface area contributed by atoms with Gasteiger partial charge in [-0.1, -0.05) is 48.5 Å². The SMILES string of the molecule is [C-]#[N+]c1ccc(C(F)(F)C(=O)O)cc1.[C-]#[N+]c1ccc(C(F)(F)C(=O)OCC)cc1. The van der Waals surface area contributed by atoms with Crippen LogP contribution in [0, 0.1) is 13.1 Å². The lowest BCUT2D eigenvalue weighted by Crippen LogP contribution is -2.28. The Morgan fingerprint density at radius 2 is 1.23 bits per heavy atom. The van der Waals surface area contributed by atoms with Crippen molar-refractivity contribution in [3.05, 3.63) is 82.5 Å². The van der Waals surface area contributed by atoms with Crippen LogP contribution in [0.3, 0.4) is 0 Å². The third-order valence-electron chi connectivity index (χ3n) is 3.52. The Hall–Kier alpha value is -3.92. The monoisotopic (exact) mass is 422 g/mol. The molecule has 30 heavy (non-hydrogen) atoms. The molecule has 0 bridgehead atoms. The zero-order valence-electron chi connectivity index (χ0n) is 15.4. The number of carboxylic acids is 1. The van der Waals surface area contributed by atoms with Crippen molar-refractivity contribution in [2.45, 2.75) is 18.8 Å². The van der Waals surface area contributed by atoms with E-state index in [0.29, 0.717) is 0 Å². The zero-order valence-corrected chi connectivity index (χ0v) is 15.4. The van der Waals surface area contributed by atoms with E-state index < -0.39 is 34.9 Å². The molecular weight excluding hydrogens is 408 g/mol. The summed E-state index contributed by atoms with van der Waals surface area (Å²) >= 11 is 0. The Labute approximate surface area is 169 Å². The number of carbonyl (C=O) groups excluding carboxylic acids is 1. The van der Waals surface area contributed by atoms with E-state index in [0.717, 1.165) is 36.4 Å². The van der Waals surface area contributed by atoms with E-state index in [9.17, 15) is 27.2 Å². The molecule has 6 nitrogen and oxygen atoms in total. The average molecular weight is 422 g/mol. The highest BCUT2D eigenvalue weighted by Gasteiger charge is 2.42. The number of carbonyl (C=O) groups is 2. The van der Waals surface area contributed by atoms with Crippen molar-refractivity contribution in [1.82, 2.24) is 0 Å². The molecule has 0 radical (unpaired) electrons. The fourth-order valence-corrected chi connectivity index (χ4v) is 1.95. The van der Waals surface area contributed by atoms with Crippen molar-refractivity contribution in [1.29, 1.82) is 0 Å². The van der Waals surface area contributed by atoms with Gasteiger partial charge in [0.05, 0.1) is 19.8 Å². The molecule has 2 aromatic carbocycles. The van der Waals surface area contributed by atoms with Crippen LogP contribution < -0.4 is 0 Å². The molecule has 0 aliphatic carbocycles. The van der Waals surface area contributed by atoms with Crippen LogP contribution in [0.1, 0.15) is 18.1 Å². The zero-order chi connectivity index (χ0) is 22.9. The summed E-state index contributed by atoms with van der Waals surface area (Å²) in [6.07, 6.45) is 0. The summed E-state index contributed by atoms with van der Waals surface area (Å²) in [5, 5.41) is 8.21. The van der Waals surface area contributed by atoms with E-state index in [2.05, 4.69) is 14.4 Å². The lowest BCUT2D eigenvalue weighted by Gasteiger charge is -2.14. The Morgan fingerprint density at radius 1 is 0.867 bits per heavy atom. The summed E-state index contributed by atoms with van der Waals surface area (Å²) in [5.41, 5.74) is -0.672. The third kappa shape index (κ3) is 5.79. The summed E-state index contributed by atoms with van der Waals surface area (Å²) in [5.74, 6) is -11.4. The number of hydrogen-bond donors (Lipinski definition) is 1. The molecule has 0 aliphatic rings. The minimum Gasteiger partial charge on any atom is -0.477 e. The Morgan fingerprint density at radius 3 is 1.53 bits per heavy atom. The van der Waals surface area contributed by atoms with Crippen molar-refractivity contribution in [3.8, 4) is 0 Å². The predicted molar refractivity (Wildman–Crippen MR) is 97.5 cm³/mol. The van der Waals surface area contributed by atoms with Crippen LogP contribution in [0.25, 0.3) is 9.69 Å². The minimum absolute atomic E-state index is 0.103. The normalized spacial score (nSPS) is 10.6. The molecule has 0 saturated heterocycles. The number of alkyl halides is 4. The molecular formula is C20H14F4N2O4. The number of esters is 1. The van der Waals surface area contributed by atoms with Gasteiger partial charge in [-0.3, -0.25) is 0 Å². The van der Waals surface area contributed by atoms with Crippen molar-refractivity contribution in [2.75, 3.05) is 6.61 Å². The Bertz CT molecular complexity index is 976. The first-order valence-corrected chi connectivity index (χ1v) is 8.12. The third-order valence-corrected chi connectivity index (χ3v) is 3.52. The first-order chi connectivity index (χ1) is 14.0. The van der Waals surface area contributed by atoms with Gasteiger partial charge < -0.3 is 9.84 Å². The molecule has 0 unspecified atom stereocenters. The molecule has 2 aromatic rings. The number of hydrogen-bond acceptors (Lipinski definition) is 3. The molecule has 10 heteroatoms. The molecule has 0 aromatic heterocycles. The highest BCUT2D eigenvalue weighted by atomic mass is 19.3.